The van der Waals surface area contributed by atoms with Crippen molar-refractivity contribution in [2.24, 2.45) is 0 Å². The molecule has 3 heterocycles. The van der Waals surface area contributed by atoms with Gasteiger partial charge >= 0.3 is 0 Å². The van der Waals surface area contributed by atoms with E-state index >= 15 is 0 Å². The van der Waals surface area contributed by atoms with Crippen LogP contribution in [-0.4, -0.2) is 45.5 Å². The molecule has 2 aromatic heterocycles. The fourth-order valence-corrected chi connectivity index (χ4v) is 5.86. The number of benzene rings is 2. The van der Waals surface area contributed by atoms with Gasteiger partial charge in [-0.15, -0.1) is 0 Å². The van der Waals surface area contributed by atoms with Crippen LogP contribution in [0.25, 0.3) is 33.8 Å². The summed E-state index contributed by atoms with van der Waals surface area (Å²) in [5, 5.41) is 8.17. The Labute approximate surface area is 236 Å². The molecular weight excluding hydrogens is 502 g/mol. The highest BCUT2D eigenvalue weighted by Crippen LogP contribution is 2.46. The second-order valence-electron chi connectivity index (χ2n) is 10.4. The summed E-state index contributed by atoms with van der Waals surface area (Å²) in [6, 6.07) is 12.4. The maximum Gasteiger partial charge on any atom is 0.168 e. The number of hydrogen-bond donors (Lipinski definition) is 1. The van der Waals surface area contributed by atoms with Crippen molar-refractivity contribution >= 4 is 34.6 Å². The minimum absolute atomic E-state index is 0.0416. The van der Waals surface area contributed by atoms with Crippen molar-refractivity contribution in [2.45, 2.75) is 66.0 Å². The zero-order valence-corrected chi connectivity index (χ0v) is 24.5. The number of imidazole rings is 1. The van der Waals surface area contributed by atoms with Crippen LogP contribution in [0.4, 0.5) is 0 Å². The molecule has 0 unspecified atom stereocenters. The Morgan fingerprint density at radius 2 is 1.85 bits per heavy atom. The number of Topliss-reactive ketones (excluding diaryl/α,β-unsaturated/α-hetero) is 1. The molecule has 7 heteroatoms. The third-order valence-electron chi connectivity index (χ3n) is 7.88. The molecule has 1 aliphatic heterocycles. The van der Waals surface area contributed by atoms with Crippen LogP contribution in [0, 0.1) is 0 Å². The topological polar surface area (TPSA) is 86.4 Å². The fourth-order valence-electron chi connectivity index (χ4n) is 5.86. The summed E-state index contributed by atoms with van der Waals surface area (Å²) in [5.41, 5.74) is 8.52. The van der Waals surface area contributed by atoms with E-state index < -0.39 is 0 Å². The lowest BCUT2D eigenvalue weighted by Gasteiger charge is -2.18. The van der Waals surface area contributed by atoms with Crippen LogP contribution in [0.3, 0.4) is 0 Å². The van der Waals surface area contributed by atoms with Crippen molar-refractivity contribution in [3.05, 3.63) is 70.8 Å². The minimum atomic E-state index is 0.0416. The van der Waals surface area contributed by atoms with E-state index in [1.54, 1.807) is 20.4 Å². The number of rotatable bonds is 8. The molecule has 1 aliphatic rings. The number of nitrogens with zero attached hydrogens (tertiary/aromatic N) is 3. The van der Waals surface area contributed by atoms with Gasteiger partial charge in [0, 0.05) is 40.8 Å². The molecule has 210 valence electrons. The number of carbonyl (C=O) groups is 2. The normalized spacial score (nSPS) is 12.4. The van der Waals surface area contributed by atoms with E-state index in [9.17, 15) is 9.59 Å². The Bertz CT molecular complexity index is 1580. The summed E-state index contributed by atoms with van der Waals surface area (Å²) in [6.07, 6.45) is 6.81. The molecular formula is C33H39N3O4. The minimum Gasteiger partial charge on any atom is -0.497 e. The van der Waals surface area contributed by atoms with Crippen molar-refractivity contribution in [3.8, 4) is 17.0 Å². The number of aliphatic hydroxyl groups excluding tert-OH is 1. The van der Waals surface area contributed by atoms with Gasteiger partial charge in [0.25, 0.3) is 0 Å². The van der Waals surface area contributed by atoms with Crippen molar-refractivity contribution in [1.82, 2.24) is 14.1 Å². The lowest BCUT2D eigenvalue weighted by atomic mass is 9.88. The molecule has 4 aromatic rings. The third-order valence-corrected chi connectivity index (χ3v) is 7.88. The van der Waals surface area contributed by atoms with Crippen molar-refractivity contribution in [2.75, 3.05) is 14.2 Å². The molecule has 0 bridgehead atoms. The highest BCUT2D eigenvalue weighted by Gasteiger charge is 2.29. The average molecular weight is 542 g/mol. The monoisotopic (exact) mass is 541 g/mol. The van der Waals surface area contributed by atoms with Gasteiger partial charge in [0.05, 0.1) is 31.4 Å². The molecule has 0 spiro atoms. The van der Waals surface area contributed by atoms with Gasteiger partial charge in [0.1, 0.15) is 11.4 Å². The van der Waals surface area contributed by atoms with Crippen LogP contribution in [0.15, 0.2) is 42.7 Å². The molecule has 40 heavy (non-hydrogen) atoms. The van der Waals surface area contributed by atoms with Crippen LogP contribution in [0.1, 0.15) is 97.1 Å². The first-order chi connectivity index (χ1) is 19.3. The zero-order chi connectivity index (χ0) is 29.1. The first kappa shape index (κ1) is 29.0. The van der Waals surface area contributed by atoms with Gasteiger partial charge in [-0.2, -0.15) is 0 Å². The summed E-state index contributed by atoms with van der Waals surface area (Å²) in [5.74, 6) is 1.18. The van der Waals surface area contributed by atoms with E-state index in [-0.39, 0.29) is 11.8 Å². The van der Waals surface area contributed by atoms with Gasteiger partial charge < -0.3 is 19.0 Å². The largest absolute Gasteiger partial charge is 0.497 e. The van der Waals surface area contributed by atoms with Gasteiger partial charge in [0.15, 0.2) is 12.1 Å². The van der Waals surface area contributed by atoms with Gasteiger partial charge in [0.2, 0.25) is 0 Å². The molecule has 0 amide bonds. The number of aromatic nitrogens is 3. The fraction of sp³-hybridized carbons (Fsp3) is 0.364. The molecule has 0 saturated carbocycles. The van der Waals surface area contributed by atoms with Crippen LogP contribution in [-0.2, 0) is 6.54 Å². The van der Waals surface area contributed by atoms with E-state index in [4.69, 9.17) is 14.8 Å². The molecule has 0 atom stereocenters. The number of ether oxygens (including phenoxy) is 1. The van der Waals surface area contributed by atoms with Crippen LogP contribution in [0.5, 0.6) is 5.75 Å². The SMILES string of the molecule is CCC(CC)c1c2n(c3cc(C(C)=O)ccc13)CC(c1ncn(C(C)C)c1C=O)=Cc1cc(OC)ccc1-2.CO. The Balaban J connectivity index is 0.00000181. The van der Waals surface area contributed by atoms with E-state index in [1.807, 2.05) is 36.6 Å². The van der Waals surface area contributed by atoms with Gasteiger partial charge in [-0.25, -0.2) is 4.98 Å². The maximum absolute atomic E-state index is 12.4. The molecule has 1 N–H and O–H groups in total. The van der Waals surface area contributed by atoms with Gasteiger partial charge in [-0.1, -0.05) is 26.0 Å². The molecule has 0 radical (unpaired) electrons. The highest BCUT2D eigenvalue weighted by molar-refractivity contribution is 6.03. The average Bonchev–Trinajstić information content (AvgIpc) is 3.49. The Kier molecular flexibility index (Phi) is 8.74. The Hall–Kier alpha value is -3.97. The molecule has 5 rings (SSSR count). The van der Waals surface area contributed by atoms with E-state index in [0.717, 1.165) is 59.9 Å². The summed E-state index contributed by atoms with van der Waals surface area (Å²) in [6.45, 7) is 10.7. The molecule has 0 fully saturated rings. The van der Waals surface area contributed by atoms with Crippen molar-refractivity contribution in [3.63, 3.8) is 0 Å². The van der Waals surface area contributed by atoms with Crippen molar-refractivity contribution < 1.29 is 19.4 Å². The zero-order valence-electron chi connectivity index (χ0n) is 24.5. The number of fused-ring (bicyclic) bond motifs is 5. The van der Waals surface area contributed by atoms with Crippen LogP contribution in [0.2, 0.25) is 0 Å². The first-order valence-electron chi connectivity index (χ1n) is 13.9. The number of allylic oxidation sites excluding steroid dienone is 1. The van der Waals surface area contributed by atoms with Crippen molar-refractivity contribution in [1.29, 1.82) is 0 Å². The molecule has 0 saturated heterocycles. The number of hydrogen-bond acceptors (Lipinski definition) is 5. The molecule has 2 aromatic carbocycles. The van der Waals surface area contributed by atoms with E-state index in [0.29, 0.717) is 29.4 Å². The number of aldehydes is 1. The van der Waals surface area contributed by atoms with E-state index in [2.05, 4.69) is 42.7 Å². The maximum atomic E-state index is 12.4. The second-order valence-corrected chi connectivity index (χ2v) is 10.4. The van der Waals surface area contributed by atoms with Gasteiger partial charge in [-0.3, -0.25) is 9.59 Å². The predicted octanol–water partition coefficient (Wildman–Crippen LogP) is 7.18. The lowest BCUT2D eigenvalue weighted by Crippen LogP contribution is -2.07. The first-order valence-corrected chi connectivity index (χ1v) is 13.9. The van der Waals surface area contributed by atoms with Crippen LogP contribution < -0.4 is 4.74 Å². The van der Waals surface area contributed by atoms with E-state index in [1.165, 1.54) is 10.9 Å². The number of aliphatic hydroxyl groups is 1. The second kappa shape index (κ2) is 12.0. The Morgan fingerprint density at radius 1 is 1.12 bits per heavy atom. The lowest BCUT2D eigenvalue weighted by molar-refractivity contribution is 0.101. The summed E-state index contributed by atoms with van der Waals surface area (Å²) < 4.78 is 9.84. The third kappa shape index (κ3) is 4.90. The summed E-state index contributed by atoms with van der Waals surface area (Å²) in [4.78, 5) is 29.4. The number of carbonyl (C=O) groups excluding carboxylic acids is 2. The molecule has 0 aliphatic carbocycles. The van der Waals surface area contributed by atoms with Gasteiger partial charge in [-0.05, 0) is 81.0 Å². The Morgan fingerprint density at radius 3 is 2.45 bits per heavy atom. The molecule has 7 nitrogen and oxygen atoms in total. The number of methoxy groups -OCH3 is 1. The van der Waals surface area contributed by atoms with Crippen LogP contribution >= 0.6 is 0 Å². The summed E-state index contributed by atoms with van der Waals surface area (Å²) in [7, 11) is 2.67. The number of ketones is 1. The quantitative estimate of drug-likeness (QED) is 0.189. The highest BCUT2D eigenvalue weighted by atomic mass is 16.5. The summed E-state index contributed by atoms with van der Waals surface area (Å²) >= 11 is 0. The standard InChI is InChI=1S/C32H35N3O3.CH4O/c1-7-21(8-2)30-27-11-9-22(20(5)37)15-28(27)34-16-24(31-29(17-36)35(18-33-31)19(3)4)13-23-14-25(38-6)10-12-26(23)32(30)34;1-2/h9-15,17-19,21H,7-8,16H2,1-6H3;2H,1H3. The smallest absolute Gasteiger partial charge is 0.168 e. The predicted molar refractivity (Wildman–Crippen MR) is 161 cm³/mol.